The van der Waals surface area contributed by atoms with Crippen LogP contribution in [-0.2, 0) is 4.79 Å². The molecule has 0 unspecified atom stereocenters. The summed E-state index contributed by atoms with van der Waals surface area (Å²) in [5.74, 6) is -0.806. The molecule has 0 spiro atoms. The number of anilines is 2. The van der Waals surface area contributed by atoms with Crippen LogP contribution < -0.4 is 10.6 Å². The molecule has 2 N–H and O–H groups in total. The van der Waals surface area contributed by atoms with Crippen molar-refractivity contribution < 1.29 is 14.0 Å². The third-order valence-electron chi connectivity index (χ3n) is 4.56. The first-order valence-corrected chi connectivity index (χ1v) is 9.30. The lowest BCUT2D eigenvalue weighted by Crippen LogP contribution is -2.17. The van der Waals surface area contributed by atoms with E-state index in [4.69, 9.17) is 0 Å². The van der Waals surface area contributed by atoms with E-state index in [9.17, 15) is 14.0 Å². The number of hydrogen-bond donors (Lipinski definition) is 2. The molecule has 0 aliphatic rings. The summed E-state index contributed by atoms with van der Waals surface area (Å²) in [5, 5.41) is 10.0. The zero-order valence-electron chi connectivity index (χ0n) is 16.8. The molecule has 1 heterocycles. The maximum Gasteiger partial charge on any atom is 0.259 e. The number of benzene rings is 2. The molecular formula is C22H23FN4O2. The van der Waals surface area contributed by atoms with Crippen LogP contribution >= 0.6 is 0 Å². The van der Waals surface area contributed by atoms with Gasteiger partial charge in [0.2, 0.25) is 5.91 Å². The predicted molar refractivity (Wildman–Crippen MR) is 111 cm³/mol. The number of hydrogen-bond acceptors (Lipinski definition) is 3. The van der Waals surface area contributed by atoms with E-state index in [2.05, 4.69) is 15.7 Å². The van der Waals surface area contributed by atoms with Gasteiger partial charge in [-0.05, 0) is 54.8 Å². The molecule has 0 radical (unpaired) electrons. The first-order valence-electron chi connectivity index (χ1n) is 9.30. The Bertz CT molecular complexity index is 1060. The second-order valence-corrected chi connectivity index (χ2v) is 7.10. The van der Waals surface area contributed by atoms with Crippen LogP contribution in [-0.4, -0.2) is 21.6 Å². The van der Waals surface area contributed by atoms with Crippen LogP contribution in [0, 0.1) is 12.7 Å². The van der Waals surface area contributed by atoms with Crippen molar-refractivity contribution in [1.82, 2.24) is 9.78 Å². The van der Waals surface area contributed by atoms with E-state index in [0.29, 0.717) is 22.6 Å². The van der Waals surface area contributed by atoms with Gasteiger partial charge in [0.15, 0.2) is 0 Å². The van der Waals surface area contributed by atoms with Gasteiger partial charge in [0, 0.05) is 18.3 Å². The smallest absolute Gasteiger partial charge is 0.259 e. The van der Waals surface area contributed by atoms with Crippen LogP contribution in [0.4, 0.5) is 15.8 Å². The highest BCUT2D eigenvalue weighted by Crippen LogP contribution is 2.27. The molecule has 7 heteroatoms. The van der Waals surface area contributed by atoms with E-state index in [1.54, 1.807) is 35.0 Å². The fourth-order valence-electron chi connectivity index (χ4n) is 3.16. The van der Waals surface area contributed by atoms with Crippen LogP contribution in [0.25, 0.3) is 5.69 Å². The van der Waals surface area contributed by atoms with Gasteiger partial charge in [-0.2, -0.15) is 5.10 Å². The molecule has 6 nitrogen and oxygen atoms in total. The average molecular weight is 394 g/mol. The lowest BCUT2D eigenvalue weighted by molar-refractivity contribution is -0.114. The van der Waals surface area contributed by atoms with Gasteiger partial charge < -0.3 is 10.6 Å². The standard InChI is InChI=1S/C22H23FN4O2/c1-13(2)21-18(12-24-27(21)17-10-8-16(23)9-11-17)22(29)26-20-7-5-6-19(14(20)3)25-15(4)28/h5-13H,1-4H3,(H,25,28)(H,26,29). The van der Waals surface area contributed by atoms with Gasteiger partial charge in [-0.15, -0.1) is 0 Å². The van der Waals surface area contributed by atoms with Crippen molar-refractivity contribution >= 4 is 23.2 Å². The number of nitrogens with one attached hydrogen (secondary N) is 2. The second kappa shape index (κ2) is 8.26. The number of nitrogens with zero attached hydrogens (tertiary/aromatic N) is 2. The summed E-state index contributed by atoms with van der Waals surface area (Å²) in [7, 11) is 0. The van der Waals surface area contributed by atoms with E-state index in [-0.39, 0.29) is 23.5 Å². The van der Waals surface area contributed by atoms with E-state index in [1.165, 1.54) is 25.3 Å². The highest BCUT2D eigenvalue weighted by Gasteiger charge is 2.21. The molecule has 29 heavy (non-hydrogen) atoms. The molecule has 3 aromatic rings. The highest BCUT2D eigenvalue weighted by atomic mass is 19.1. The number of halogens is 1. The van der Waals surface area contributed by atoms with Crippen molar-refractivity contribution in [2.45, 2.75) is 33.6 Å². The van der Waals surface area contributed by atoms with Gasteiger partial charge in [-0.1, -0.05) is 19.9 Å². The molecular weight excluding hydrogens is 371 g/mol. The molecule has 1 aromatic heterocycles. The SMILES string of the molecule is CC(=O)Nc1cccc(NC(=O)c2cnn(-c3ccc(F)cc3)c2C(C)C)c1C. The minimum atomic E-state index is -0.334. The fourth-order valence-corrected chi connectivity index (χ4v) is 3.16. The molecule has 0 fully saturated rings. The molecule has 0 bridgehead atoms. The van der Waals surface area contributed by atoms with Gasteiger partial charge in [0.25, 0.3) is 5.91 Å². The normalized spacial score (nSPS) is 10.8. The van der Waals surface area contributed by atoms with Gasteiger partial charge >= 0.3 is 0 Å². The maximum atomic E-state index is 13.3. The molecule has 150 valence electrons. The van der Waals surface area contributed by atoms with Gasteiger partial charge in [0.1, 0.15) is 5.82 Å². The molecule has 0 saturated carbocycles. The molecule has 3 rings (SSSR count). The van der Waals surface area contributed by atoms with E-state index in [1.807, 2.05) is 20.8 Å². The Morgan fingerprint density at radius 1 is 1.03 bits per heavy atom. The third-order valence-corrected chi connectivity index (χ3v) is 4.56. The van der Waals surface area contributed by atoms with Crippen LogP contribution in [0.15, 0.2) is 48.7 Å². The molecule has 0 saturated heterocycles. The number of carbonyl (C=O) groups is 2. The summed E-state index contributed by atoms with van der Waals surface area (Å²) in [4.78, 5) is 24.4. The zero-order valence-corrected chi connectivity index (χ0v) is 16.8. The number of rotatable bonds is 5. The molecule has 2 amide bonds. The Kier molecular flexibility index (Phi) is 5.77. The fraction of sp³-hybridized carbons (Fsp3) is 0.227. The van der Waals surface area contributed by atoms with E-state index in [0.717, 1.165) is 11.3 Å². The quantitative estimate of drug-likeness (QED) is 0.661. The summed E-state index contributed by atoms with van der Waals surface area (Å²) in [6.07, 6.45) is 1.51. The Hall–Kier alpha value is -3.48. The maximum absolute atomic E-state index is 13.3. The monoisotopic (exact) mass is 394 g/mol. The Labute approximate surface area is 168 Å². The van der Waals surface area contributed by atoms with Crippen molar-refractivity contribution in [2.75, 3.05) is 10.6 Å². The van der Waals surface area contributed by atoms with Crippen LogP contribution in [0.2, 0.25) is 0 Å². The van der Waals surface area contributed by atoms with Gasteiger partial charge in [0.05, 0.1) is 23.1 Å². The number of carbonyl (C=O) groups excluding carboxylic acids is 2. The Balaban J connectivity index is 1.94. The number of amides is 2. The summed E-state index contributed by atoms with van der Waals surface area (Å²) in [6.45, 7) is 7.20. The molecule has 0 atom stereocenters. The topological polar surface area (TPSA) is 76.0 Å². The van der Waals surface area contributed by atoms with Crippen LogP contribution in [0.5, 0.6) is 0 Å². The van der Waals surface area contributed by atoms with E-state index < -0.39 is 0 Å². The van der Waals surface area contributed by atoms with E-state index >= 15 is 0 Å². The lowest BCUT2D eigenvalue weighted by atomic mass is 10.0. The van der Waals surface area contributed by atoms with Gasteiger partial charge in [-0.3, -0.25) is 9.59 Å². The summed E-state index contributed by atoms with van der Waals surface area (Å²) in [6, 6.07) is 11.3. The minimum Gasteiger partial charge on any atom is -0.326 e. The van der Waals surface area contributed by atoms with Crippen LogP contribution in [0.3, 0.4) is 0 Å². The number of aromatic nitrogens is 2. The second-order valence-electron chi connectivity index (χ2n) is 7.10. The first-order chi connectivity index (χ1) is 13.8. The minimum absolute atomic E-state index is 0.00936. The summed E-state index contributed by atoms with van der Waals surface area (Å²) in [5.41, 5.74) is 3.84. The first kappa shape index (κ1) is 20.3. The highest BCUT2D eigenvalue weighted by molar-refractivity contribution is 6.06. The van der Waals surface area contributed by atoms with Crippen molar-refractivity contribution in [3.8, 4) is 5.69 Å². The molecule has 0 aliphatic carbocycles. The molecule has 2 aromatic carbocycles. The predicted octanol–water partition coefficient (Wildman–Crippen LogP) is 4.65. The Morgan fingerprint density at radius 3 is 2.24 bits per heavy atom. The van der Waals surface area contributed by atoms with Crippen molar-refractivity contribution in [1.29, 1.82) is 0 Å². The van der Waals surface area contributed by atoms with Gasteiger partial charge in [-0.25, -0.2) is 9.07 Å². The van der Waals surface area contributed by atoms with Crippen molar-refractivity contribution in [3.05, 3.63) is 71.3 Å². The Morgan fingerprint density at radius 2 is 1.66 bits per heavy atom. The van der Waals surface area contributed by atoms with Crippen molar-refractivity contribution in [2.24, 2.45) is 0 Å². The largest absolute Gasteiger partial charge is 0.326 e. The van der Waals surface area contributed by atoms with Crippen molar-refractivity contribution in [3.63, 3.8) is 0 Å². The lowest BCUT2D eigenvalue weighted by Gasteiger charge is -2.15. The van der Waals surface area contributed by atoms with Crippen LogP contribution in [0.1, 0.15) is 48.3 Å². The average Bonchev–Trinajstić information content (AvgIpc) is 3.11. The molecule has 0 aliphatic heterocycles. The summed E-state index contributed by atoms with van der Waals surface area (Å²) < 4.78 is 14.9. The third kappa shape index (κ3) is 4.34. The zero-order chi connectivity index (χ0) is 21.1. The summed E-state index contributed by atoms with van der Waals surface area (Å²) >= 11 is 0.